The lowest BCUT2D eigenvalue weighted by atomic mass is 10.2. The smallest absolute Gasteiger partial charge is 0.132 e. The summed E-state index contributed by atoms with van der Waals surface area (Å²) >= 11 is 0. The molecule has 23 heavy (non-hydrogen) atoms. The number of ether oxygens (including phenoxy) is 5. The van der Waals surface area contributed by atoms with Gasteiger partial charge in [-0.2, -0.15) is 0 Å². The van der Waals surface area contributed by atoms with Gasteiger partial charge in [-0.05, 0) is 6.42 Å². The third kappa shape index (κ3) is 19.0. The van der Waals surface area contributed by atoms with E-state index in [-0.39, 0.29) is 5.78 Å². The summed E-state index contributed by atoms with van der Waals surface area (Å²) in [4.78, 5) is 11.1. The quantitative estimate of drug-likeness (QED) is 0.280. The monoisotopic (exact) mass is 330 g/mol. The van der Waals surface area contributed by atoms with E-state index in [0.717, 1.165) is 6.42 Å². The number of carbonyl (C=O) groups is 1. The predicted molar refractivity (Wildman–Crippen MR) is 87.5 cm³/mol. The number of Topliss-reactive ketones (excluding diaryl/α,β-unsaturated/α-hetero) is 1. The zero-order valence-corrected chi connectivity index (χ0v) is 14.2. The van der Waals surface area contributed by atoms with Crippen molar-refractivity contribution in [3.8, 4) is 12.3 Å². The first-order chi connectivity index (χ1) is 11.3. The van der Waals surface area contributed by atoms with Crippen LogP contribution < -0.4 is 0 Å². The molecule has 0 amide bonds. The normalized spacial score (nSPS) is 10.6. The van der Waals surface area contributed by atoms with E-state index in [9.17, 15) is 4.79 Å². The highest BCUT2D eigenvalue weighted by Crippen LogP contribution is 1.95. The van der Waals surface area contributed by atoms with Crippen LogP contribution in [0.4, 0.5) is 0 Å². The van der Waals surface area contributed by atoms with Gasteiger partial charge < -0.3 is 23.7 Å². The van der Waals surface area contributed by atoms with Crippen molar-refractivity contribution in [2.24, 2.45) is 0 Å². The van der Waals surface area contributed by atoms with Crippen molar-refractivity contribution in [2.45, 2.75) is 26.2 Å². The van der Waals surface area contributed by atoms with E-state index >= 15 is 0 Å². The molecule has 0 aliphatic carbocycles. The standard InChI is InChI=1S/C17H30O6/c1-3-7-19-9-11-21-13-15-23-16-14-22-12-10-20-8-5-6-17(18)4-2/h1H,4-16H2,2H3. The van der Waals surface area contributed by atoms with Crippen LogP contribution in [0.1, 0.15) is 26.2 Å². The van der Waals surface area contributed by atoms with E-state index in [0.29, 0.717) is 78.9 Å². The molecular weight excluding hydrogens is 300 g/mol. The fraction of sp³-hybridized carbons (Fsp3) is 0.824. The minimum absolute atomic E-state index is 0.283. The minimum Gasteiger partial charge on any atom is -0.379 e. The van der Waals surface area contributed by atoms with Crippen molar-refractivity contribution >= 4 is 5.78 Å². The van der Waals surface area contributed by atoms with Crippen LogP contribution in [0, 0.1) is 12.3 Å². The number of carbonyl (C=O) groups excluding carboxylic acids is 1. The molecule has 0 aromatic carbocycles. The Bertz CT molecular complexity index is 300. The summed E-state index contributed by atoms with van der Waals surface area (Å²) in [7, 11) is 0. The average Bonchev–Trinajstić information content (AvgIpc) is 2.57. The molecule has 0 radical (unpaired) electrons. The van der Waals surface area contributed by atoms with Crippen LogP contribution in [0.25, 0.3) is 0 Å². The maximum absolute atomic E-state index is 11.1. The van der Waals surface area contributed by atoms with Crippen LogP contribution in [0.2, 0.25) is 0 Å². The molecule has 6 heteroatoms. The fourth-order valence-corrected chi connectivity index (χ4v) is 1.56. The topological polar surface area (TPSA) is 63.2 Å². The SMILES string of the molecule is C#CCOCCOCCOCCOCCOCCCC(=O)CC. The van der Waals surface area contributed by atoms with Crippen LogP contribution in [0.5, 0.6) is 0 Å². The van der Waals surface area contributed by atoms with E-state index in [2.05, 4.69) is 5.92 Å². The molecule has 0 unspecified atom stereocenters. The van der Waals surface area contributed by atoms with Gasteiger partial charge in [0, 0.05) is 19.4 Å². The molecule has 0 aromatic rings. The first-order valence-electron chi connectivity index (χ1n) is 8.15. The predicted octanol–water partition coefficient (Wildman–Crippen LogP) is 1.46. The zero-order valence-electron chi connectivity index (χ0n) is 14.2. The Kier molecular flexibility index (Phi) is 18.3. The van der Waals surface area contributed by atoms with Crippen LogP contribution in [0.3, 0.4) is 0 Å². The second kappa shape index (κ2) is 19.1. The van der Waals surface area contributed by atoms with Gasteiger partial charge in [0.25, 0.3) is 0 Å². The van der Waals surface area contributed by atoms with Gasteiger partial charge in [-0.3, -0.25) is 4.79 Å². The van der Waals surface area contributed by atoms with Crippen molar-refractivity contribution < 1.29 is 28.5 Å². The maximum Gasteiger partial charge on any atom is 0.132 e. The Hall–Kier alpha value is -0.970. The summed E-state index contributed by atoms with van der Waals surface area (Å²) in [6.07, 6.45) is 7.02. The fourth-order valence-electron chi connectivity index (χ4n) is 1.56. The lowest BCUT2D eigenvalue weighted by Crippen LogP contribution is -2.13. The highest BCUT2D eigenvalue weighted by molar-refractivity contribution is 5.77. The number of hydrogen-bond donors (Lipinski definition) is 0. The molecule has 0 atom stereocenters. The summed E-state index contributed by atoms with van der Waals surface area (Å²) in [5.74, 6) is 2.67. The molecule has 0 spiro atoms. The van der Waals surface area contributed by atoms with Crippen molar-refractivity contribution in [1.82, 2.24) is 0 Å². The molecule has 6 nitrogen and oxygen atoms in total. The van der Waals surface area contributed by atoms with Gasteiger partial charge in [0.05, 0.1) is 52.9 Å². The number of ketones is 1. The lowest BCUT2D eigenvalue weighted by Gasteiger charge is -2.07. The van der Waals surface area contributed by atoms with Crippen LogP contribution >= 0.6 is 0 Å². The van der Waals surface area contributed by atoms with Gasteiger partial charge >= 0.3 is 0 Å². The highest BCUT2D eigenvalue weighted by atomic mass is 16.6. The van der Waals surface area contributed by atoms with E-state index in [1.54, 1.807) is 0 Å². The molecule has 0 fully saturated rings. The zero-order chi connectivity index (χ0) is 17.0. The maximum atomic E-state index is 11.1. The van der Waals surface area contributed by atoms with Crippen molar-refractivity contribution in [2.75, 3.05) is 66.1 Å². The molecule has 0 heterocycles. The molecule has 0 bridgehead atoms. The number of hydrogen-bond acceptors (Lipinski definition) is 6. The Labute approximate surface area is 139 Å². The average molecular weight is 330 g/mol. The van der Waals surface area contributed by atoms with Gasteiger partial charge in [0.2, 0.25) is 0 Å². The van der Waals surface area contributed by atoms with E-state index in [4.69, 9.17) is 30.1 Å². The van der Waals surface area contributed by atoms with Crippen LogP contribution in [-0.4, -0.2) is 71.9 Å². The van der Waals surface area contributed by atoms with E-state index in [1.165, 1.54) is 0 Å². The van der Waals surface area contributed by atoms with Crippen molar-refractivity contribution in [3.63, 3.8) is 0 Å². The summed E-state index contributed by atoms with van der Waals surface area (Å²) in [6, 6.07) is 0. The van der Waals surface area contributed by atoms with Gasteiger partial charge in [-0.15, -0.1) is 6.42 Å². The van der Waals surface area contributed by atoms with E-state index < -0.39 is 0 Å². The van der Waals surface area contributed by atoms with Crippen molar-refractivity contribution in [3.05, 3.63) is 0 Å². The second-order valence-electron chi connectivity index (χ2n) is 4.70. The van der Waals surface area contributed by atoms with Gasteiger partial charge in [0.15, 0.2) is 0 Å². The Morgan fingerprint density at radius 2 is 1.22 bits per heavy atom. The second-order valence-corrected chi connectivity index (χ2v) is 4.70. The molecule has 0 N–H and O–H groups in total. The third-order valence-corrected chi connectivity index (χ3v) is 2.81. The molecule has 0 saturated heterocycles. The lowest BCUT2D eigenvalue weighted by molar-refractivity contribution is -0.119. The van der Waals surface area contributed by atoms with Crippen LogP contribution in [-0.2, 0) is 28.5 Å². The van der Waals surface area contributed by atoms with Gasteiger partial charge in [-0.1, -0.05) is 12.8 Å². The first-order valence-corrected chi connectivity index (χ1v) is 8.15. The summed E-state index contributed by atoms with van der Waals surface area (Å²) in [6.45, 7) is 7.01. The number of rotatable bonds is 18. The largest absolute Gasteiger partial charge is 0.379 e. The third-order valence-electron chi connectivity index (χ3n) is 2.81. The number of terminal acetylenes is 1. The molecule has 0 aliphatic rings. The molecule has 0 aromatic heterocycles. The minimum atomic E-state index is 0.283. The van der Waals surface area contributed by atoms with Gasteiger partial charge in [-0.25, -0.2) is 0 Å². The van der Waals surface area contributed by atoms with Crippen LogP contribution in [0.15, 0.2) is 0 Å². The summed E-state index contributed by atoms with van der Waals surface area (Å²) < 4.78 is 26.4. The van der Waals surface area contributed by atoms with Crippen molar-refractivity contribution in [1.29, 1.82) is 0 Å². The highest BCUT2D eigenvalue weighted by Gasteiger charge is 1.97. The summed E-state index contributed by atoms with van der Waals surface area (Å²) in [5.41, 5.74) is 0. The Morgan fingerprint density at radius 3 is 1.65 bits per heavy atom. The Balaban J connectivity index is 3.00. The summed E-state index contributed by atoms with van der Waals surface area (Å²) in [5, 5.41) is 0. The van der Waals surface area contributed by atoms with E-state index in [1.807, 2.05) is 6.92 Å². The molecule has 0 aliphatic heterocycles. The Morgan fingerprint density at radius 1 is 0.783 bits per heavy atom. The molecule has 0 rings (SSSR count). The molecule has 0 saturated carbocycles. The molecular formula is C17H30O6. The van der Waals surface area contributed by atoms with Gasteiger partial charge in [0.1, 0.15) is 12.4 Å². The first kappa shape index (κ1) is 22.0. The molecule has 134 valence electrons.